The smallest absolute Gasteiger partial charge is 0.147 e. The summed E-state index contributed by atoms with van der Waals surface area (Å²) in [7, 11) is 2.20. The SMILES string of the molecule is CC[C@H]1C=C(c2ccc(-c3cccc4ccccc34)cc2)N(C)[C@@H](c2ccc(-c3ccc(-n4c5ccccc5c5ccc6ccccc6c54)cc3)cc2)N=C1c1ccccc1. The molecule has 0 amide bonds. The Morgan fingerprint density at radius 2 is 1.05 bits per heavy atom. The van der Waals surface area contributed by atoms with Crippen LogP contribution in [0.5, 0.6) is 0 Å². The fourth-order valence-electron chi connectivity index (χ4n) is 9.59. The zero-order chi connectivity index (χ0) is 40.9. The van der Waals surface area contributed by atoms with E-state index in [-0.39, 0.29) is 12.1 Å². The van der Waals surface area contributed by atoms with Gasteiger partial charge in [-0.2, -0.15) is 0 Å². The lowest BCUT2D eigenvalue weighted by Gasteiger charge is -2.29. The van der Waals surface area contributed by atoms with Crippen LogP contribution in [0.15, 0.2) is 217 Å². The van der Waals surface area contributed by atoms with E-state index >= 15 is 0 Å². The molecule has 3 heteroatoms. The van der Waals surface area contributed by atoms with Crippen LogP contribution >= 0.6 is 0 Å². The quantitative estimate of drug-likeness (QED) is 0.158. The number of benzene rings is 9. The Kier molecular flexibility index (Phi) is 9.16. The molecular weight excluding hydrogens is 739 g/mol. The largest absolute Gasteiger partial charge is 0.349 e. The molecule has 292 valence electrons. The molecule has 0 N–H and O–H groups in total. The average Bonchev–Trinajstić information content (AvgIpc) is 3.59. The zero-order valence-electron chi connectivity index (χ0n) is 34.4. The number of para-hydroxylation sites is 1. The van der Waals surface area contributed by atoms with Gasteiger partial charge in [0.2, 0.25) is 0 Å². The van der Waals surface area contributed by atoms with E-state index in [4.69, 9.17) is 4.99 Å². The summed E-state index contributed by atoms with van der Waals surface area (Å²) in [5.74, 6) is 0.160. The number of aromatic nitrogens is 1. The van der Waals surface area contributed by atoms with Crippen molar-refractivity contribution in [2.24, 2.45) is 10.9 Å². The molecule has 1 aliphatic heterocycles. The van der Waals surface area contributed by atoms with E-state index in [0.717, 1.165) is 23.4 Å². The molecule has 61 heavy (non-hydrogen) atoms. The topological polar surface area (TPSA) is 20.5 Å². The van der Waals surface area contributed by atoms with Gasteiger partial charge in [0, 0.05) is 40.5 Å². The van der Waals surface area contributed by atoms with Crippen LogP contribution in [-0.2, 0) is 0 Å². The van der Waals surface area contributed by atoms with Crippen LogP contribution < -0.4 is 0 Å². The number of rotatable bonds is 7. The third-order valence-electron chi connectivity index (χ3n) is 12.7. The number of allylic oxidation sites excluding steroid dienone is 1. The average molecular weight is 784 g/mol. The van der Waals surface area contributed by atoms with Gasteiger partial charge in [0.05, 0.1) is 16.7 Å². The molecular formula is C58H45N3. The lowest BCUT2D eigenvalue weighted by atomic mass is 9.92. The molecule has 0 radical (unpaired) electrons. The van der Waals surface area contributed by atoms with Crippen LogP contribution in [0.4, 0.5) is 0 Å². The van der Waals surface area contributed by atoms with Gasteiger partial charge in [0.15, 0.2) is 0 Å². The maximum atomic E-state index is 5.63. The van der Waals surface area contributed by atoms with Crippen molar-refractivity contribution in [3.05, 3.63) is 229 Å². The summed E-state index contributed by atoms with van der Waals surface area (Å²) in [6, 6.07) is 75.1. The van der Waals surface area contributed by atoms with Gasteiger partial charge in [-0.1, -0.05) is 201 Å². The summed E-state index contributed by atoms with van der Waals surface area (Å²) in [6.07, 6.45) is 3.18. The van der Waals surface area contributed by atoms with Crippen molar-refractivity contribution in [1.29, 1.82) is 0 Å². The minimum atomic E-state index is -0.211. The molecule has 0 saturated heterocycles. The van der Waals surface area contributed by atoms with Gasteiger partial charge < -0.3 is 9.47 Å². The van der Waals surface area contributed by atoms with E-state index in [1.165, 1.54) is 82.4 Å². The molecule has 0 aliphatic carbocycles. The second-order valence-corrected chi connectivity index (χ2v) is 16.2. The molecule has 11 rings (SSSR count). The summed E-state index contributed by atoms with van der Waals surface area (Å²) in [5, 5.41) is 7.58. The first kappa shape index (κ1) is 36.6. The van der Waals surface area contributed by atoms with Crippen LogP contribution in [-0.4, -0.2) is 22.2 Å². The van der Waals surface area contributed by atoms with Gasteiger partial charge in [0.25, 0.3) is 0 Å². The first-order valence-electron chi connectivity index (χ1n) is 21.4. The normalized spacial score (nSPS) is 15.6. The first-order chi connectivity index (χ1) is 30.1. The molecule has 0 spiro atoms. The standard InChI is InChI=1S/C58H45N3/c1-3-39-38-55(45-28-26-44(27-29-45)50-22-13-18-42-14-7-9-19-49(42)50)60(2)58(59-56(39)46-16-5-4-6-17-46)47-30-24-40(25-31-47)41-32-35-48(36-33-41)61-54-23-12-11-21-52(54)53-37-34-43-15-8-10-20-51(43)57(53)61/h4-39,58H,3H2,1-2H3/t39-,58-/m0/s1. The van der Waals surface area contributed by atoms with Gasteiger partial charge in [-0.15, -0.1) is 0 Å². The second kappa shape index (κ2) is 15.3. The summed E-state index contributed by atoms with van der Waals surface area (Å²) in [5.41, 5.74) is 14.3. The Hall–Kier alpha value is -7.49. The predicted molar refractivity (Wildman–Crippen MR) is 258 cm³/mol. The Labute approximate surface area is 357 Å². The van der Waals surface area contributed by atoms with Crippen LogP contribution in [0.25, 0.3) is 77.0 Å². The Balaban J connectivity index is 0.946. The minimum absolute atomic E-state index is 0.160. The van der Waals surface area contributed by atoms with E-state index in [2.05, 4.69) is 236 Å². The predicted octanol–water partition coefficient (Wildman–Crippen LogP) is 14.9. The first-order valence-corrected chi connectivity index (χ1v) is 21.4. The number of aliphatic imine (C=N–C) groups is 1. The molecule has 0 unspecified atom stereocenters. The van der Waals surface area contributed by atoms with Gasteiger partial charge in [0.1, 0.15) is 6.17 Å². The molecule has 2 atom stereocenters. The highest BCUT2D eigenvalue weighted by molar-refractivity contribution is 6.18. The van der Waals surface area contributed by atoms with Gasteiger partial charge in [-0.05, 0) is 79.7 Å². The fourth-order valence-corrected chi connectivity index (χ4v) is 9.59. The third-order valence-corrected chi connectivity index (χ3v) is 12.7. The monoisotopic (exact) mass is 783 g/mol. The molecule has 0 saturated carbocycles. The Bertz CT molecular complexity index is 3280. The Morgan fingerprint density at radius 1 is 0.459 bits per heavy atom. The summed E-state index contributed by atoms with van der Waals surface area (Å²) in [6.45, 7) is 2.27. The van der Waals surface area contributed by atoms with Crippen molar-refractivity contribution in [2.45, 2.75) is 19.5 Å². The lowest BCUT2D eigenvalue weighted by molar-refractivity contribution is 0.370. The molecule has 0 bridgehead atoms. The maximum absolute atomic E-state index is 5.63. The van der Waals surface area contributed by atoms with Crippen molar-refractivity contribution < 1.29 is 0 Å². The fraction of sp³-hybridized carbons (Fsp3) is 0.0862. The Morgan fingerprint density at radius 3 is 1.79 bits per heavy atom. The number of hydrogen-bond donors (Lipinski definition) is 0. The molecule has 0 fully saturated rings. The van der Waals surface area contributed by atoms with Crippen molar-refractivity contribution in [3.8, 4) is 27.9 Å². The van der Waals surface area contributed by atoms with Crippen molar-refractivity contribution >= 4 is 54.8 Å². The van der Waals surface area contributed by atoms with Gasteiger partial charge >= 0.3 is 0 Å². The molecule has 2 heterocycles. The molecule has 3 nitrogen and oxygen atoms in total. The highest BCUT2D eigenvalue weighted by atomic mass is 15.2. The van der Waals surface area contributed by atoms with Crippen LogP contribution in [0.3, 0.4) is 0 Å². The van der Waals surface area contributed by atoms with Crippen molar-refractivity contribution in [1.82, 2.24) is 9.47 Å². The van der Waals surface area contributed by atoms with E-state index in [0.29, 0.717) is 0 Å². The van der Waals surface area contributed by atoms with Crippen LogP contribution in [0, 0.1) is 5.92 Å². The van der Waals surface area contributed by atoms with E-state index < -0.39 is 0 Å². The van der Waals surface area contributed by atoms with Crippen molar-refractivity contribution in [3.63, 3.8) is 0 Å². The van der Waals surface area contributed by atoms with Crippen LogP contribution in [0.1, 0.15) is 36.2 Å². The van der Waals surface area contributed by atoms with E-state index in [1.807, 2.05) is 0 Å². The lowest BCUT2D eigenvalue weighted by Crippen LogP contribution is -2.22. The molecule has 1 aromatic heterocycles. The van der Waals surface area contributed by atoms with Gasteiger partial charge in [-0.3, -0.25) is 4.99 Å². The highest BCUT2D eigenvalue weighted by Gasteiger charge is 2.28. The third kappa shape index (κ3) is 6.42. The van der Waals surface area contributed by atoms with Crippen LogP contribution in [0.2, 0.25) is 0 Å². The second-order valence-electron chi connectivity index (χ2n) is 16.2. The number of nitrogens with zero attached hydrogens (tertiary/aromatic N) is 3. The molecule has 1 aliphatic rings. The molecule has 9 aromatic carbocycles. The number of hydrogen-bond acceptors (Lipinski definition) is 2. The van der Waals surface area contributed by atoms with E-state index in [1.54, 1.807) is 0 Å². The minimum Gasteiger partial charge on any atom is -0.349 e. The number of fused-ring (bicyclic) bond motifs is 6. The van der Waals surface area contributed by atoms with Gasteiger partial charge in [-0.25, -0.2) is 0 Å². The highest BCUT2D eigenvalue weighted by Crippen LogP contribution is 2.40. The van der Waals surface area contributed by atoms with Crippen molar-refractivity contribution in [2.75, 3.05) is 7.05 Å². The molecule has 10 aromatic rings. The zero-order valence-corrected chi connectivity index (χ0v) is 34.4. The van der Waals surface area contributed by atoms with E-state index in [9.17, 15) is 0 Å². The summed E-state index contributed by atoms with van der Waals surface area (Å²) >= 11 is 0. The summed E-state index contributed by atoms with van der Waals surface area (Å²) < 4.78 is 2.43. The summed E-state index contributed by atoms with van der Waals surface area (Å²) in [4.78, 5) is 7.99. The maximum Gasteiger partial charge on any atom is 0.147 e.